The van der Waals surface area contributed by atoms with Crippen molar-refractivity contribution in [1.82, 2.24) is 0 Å². The van der Waals surface area contributed by atoms with Crippen LogP contribution in [0.5, 0.6) is 0 Å². The molecule has 0 aromatic heterocycles. The summed E-state index contributed by atoms with van der Waals surface area (Å²) in [5, 5.41) is 0.634. The molecule has 0 aromatic rings. The van der Waals surface area contributed by atoms with Crippen LogP contribution in [0, 0.1) is 0 Å². The second-order valence-electron chi connectivity index (χ2n) is 2.01. The van der Waals surface area contributed by atoms with Crippen LogP contribution in [-0.4, -0.2) is 6.47 Å². The van der Waals surface area contributed by atoms with E-state index in [4.69, 9.17) is 11.6 Å². The van der Waals surface area contributed by atoms with Crippen LogP contribution >= 0.6 is 11.6 Å². The summed E-state index contributed by atoms with van der Waals surface area (Å²) in [6, 6.07) is 0. The fraction of sp³-hybridized carbons (Fsp3) is 0.125. The van der Waals surface area contributed by atoms with E-state index in [2.05, 4.69) is 4.74 Å². The zero-order chi connectivity index (χ0) is 8.10. The van der Waals surface area contributed by atoms with Gasteiger partial charge in [-0.25, -0.2) is 0 Å². The van der Waals surface area contributed by atoms with Crippen LogP contribution in [0.4, 0.5) is 0 Å². The number of halogens is 1. The van der Waals surface area contributed by atoms with Crippen molar-refractivity contribution in [2.24, 2.45) is 0 Å². The van der Waals surface area contributed by atoms with Crippen LogP contribution in [0.2, 0.25) is 0 Å². The summed E-state index contributed by atoms with van der Waals surface area (Å²) >= 11 is 5.67. The van der Waals surface area contributed by atoms with Gasteiger partial charge >= 0.3 is 0 Å². The van der Waals surface area contributed by atoms with Crippen molar-refractivity contribution in [2.45, 2.75) is 6.42 Å². The Morgan fingerprint density at radius 3 is 3.09 bits per heavy atom. The molecule has 0 saturated carbocycles. The molecule has 0 atom stereocenters. The molecule has 1 aliphatic carbocycles. The van der Waals surface area contributed by atoms with Crippen LogP contribution in [0.3, 0.4) is 0 Å². The van der Waals surface area contributed by atoms with E-state index in [0.29, 0.717) is 23.7 Å². The molecule has 11 heavy (non-hydrogen) atoms. The minimum Gasteiger partial charge on any atom is -0.433 e. The first-order chi connectivity index (χ1) is 5.33. The molecule has 0 aromatic carbocycles. The van der Waals surface area contributed by atoms with Gasteiger partial charge < -0.3 is 4.74 Å². The zero-order valence-electron chi connectivity index (χ0n) is 5.79. The minimum atomic E-state index is 0.409. The molecular formula is C8H7ClO2. The Morgan fingerprint density at radius 2 is 2.36 bits per heavy atom. The molecule has 0 fully saturated rings. The van der Waals surface area contributed by atoms with Gasteiger partial charge in [0.15, 0.2) is 0 Å². The largest absolute Gasteiger partial charge is 0.433 e. The molecule has 0 saturated heterocycles. The summed E-state index contributed by atoms with van der Waals surface area (Å²) in [6.07, 6.45) is 7.56. The molecule has 0 spiro atoms. The Balaban J connectivity index is 2.69. The third-order valence-corrected chi connectivity index (χ3v) is 1.48. The summed E-state index contributed by atoms with van der Waals surface area (Å²) in [7, 11) is 0. The Kier molecular flexibility index (Phi) is 2.93. The lowest BCUT2D eigenvalue weighted by atomic mass is 10.3. The van der Waals surface area contributed by atoms with Crippen molar-refractivity contribution in [3.63, 3.8) is 0 Å². The van der Waals surface area contributed by atoms with Gasteiger partial charge in [0, 0.05) is 11.5 Å². The second kappa shape index (κ2) is 3.98. The summed E-state index contributed by atoms with van der Waals surface area (Å²) in [4.78, 5) is 9.93. The summed E-state index contributed by atoms with van der Waals surface area (Å²) in [5.74, 6) is 0.604. The van der Waals surface area contributed by atoms with Crippen LogP contribution in [0.1, 0.15) is 6.42 Å². The maximum atomic E-state index is 9.93. The number of carbonyl (C=O) groups is 1. The first-order valence-corrected chi connectivity index (χ1v) is 3.54. The topological polar surface area (TPSA) is 26.3 Å². The van der Waals surface area contributed by atoms with Crippen molar-refractivity contribution >= 4 is 18.1 Å². The number of hydrogen-bond donors (Lipinski definition) is 0. The maximum absolute atomic E-state index is 9.93. The number of ether oxygens (including phenoxy) is 1. The Labute approximate surface area is 69.8 Å². The van der Waals surface area contributed by atoms with Crippen LogP contribution in [0.15, 0.2) is 35.1 Å². The third kappa shape index (κ3) is 2.60. The smallest absolute Gasteiger partial charge is 0.298 e. The highest BCUT2D eigenvalue weighted by molar-refractivity contribution is 6.31. The fourth-order valence-corrected chi connectivity index (χ4v) is 0.885. The lowest BCUT2D eigenvalue weighted by molar-refractivity contribution is -0.125. The summed E-state index contributed by atoms with van der Waals surface area (Å²) in [5.41, 5.74) is 0. The van der Waals surface area contributed by atoms with Crippen LogP contribution < -0.4 is 0 Å². The molecule has 0 unspecified atom stereocenters. The summed E-state index contributed by atoms with van der Waals surface area (Å²) in [6.45, 7) is 0.409. The quantitative estimate of drug-likeness (QED) is 0.594. The van der Waals surface area contributed by atoms with Gasteiger partial charge in [-0.3, -0.25) is 4.79 Å². The molecule has 1 rings (SSSR count). The van der Waals surface area contributed by atoms with Gasteiger partial charge in [-0.1, -0.05) is 17.7 Å². The third-order valence-electron chi connectivity index (χ3n) is 1.22. The molecule has 3 heteroatoms. The van der Waals surface area contributed by atoms with Crippen molar-refractivity contribution < 1.29 is 9.53 Å². The van der Waals surface area contributed by atoms with Gasteiger partial charge in [0.2, 0.25) is 0 Å². The molecule has 2 nitrogen and oxygen atoms in total. The average Bonchev–Trinajstić information content (AvgIpc) is 2.17. The highest BCUT2D eigenvalue weighted by Crippen LogP contribution is 2.13. The number of allylic oxidation sites excluding steroid dienone is 5. The molecule has 0 amide bonds. The van der Waals surface area contributed by atoms with Crippen LogP contribution in [0.25, 0.3) is 0 Å². The number of hydrogen-bond acceptors (Lipinski definition) is 2. The second-order valence-corrected chi connectivity index (χ2v) is 2.44. The van der Waals surface area contributed by atoms with Gasteiger partial charge in [-0.05, 0) is 18.2 Å². The Morgan fingerprint density at radius 1 is 1.55 bits per heavy atom. The molecule has 58 valence electrons. The number of rotatable bonds is 2. The highest BCUT2D eigenvalue weighted by atomic mass is 35.5. The van der Waals surface area contributed by atoms with E-state index in [1.165, 1.54) is 0 Å². The van der Waals surface area contributed by atoms with Crippen molar-refractivity contribution in [3.05, 3.63) is 35.1 Å². The van der Waals surface area contributed by atoms with Crippen molar-refractivity contribution in [2.75, 3.05) is 0 Å². The van der Waals surface area contributed by atoms with E-state index in [9.17, 15) is 4.79 Å². The molecule has 0 bridgehead atoms. The minimum absolute atomic E-state index is 0.409. The van der Waals surface area contributed by atoms with Crippen molar-refractivity contribution in [3.8, 4) is 0 Å². The van der Waals surface area contributed by atoms with Gasteiger partial charge in [0.1, 0.15) is 5.76 Å². The first kappa shape index (κ1) is 8.08. The Bertz CT molecular complexity index is 238. The zero-order valence-corrected chi connectivity index (χ0v) is 6.54. The van der Waals surface area contributed by atoms with Gasteiger partial charge in [-0.2, -0.15) is 0 Å². The molecular weight excluding hydrogens is 164 g/mol. The molecule has 0 heterocycles. The molecule has 1 aliphatic rings. The highest BCUT2D eigenvalue weighted by Gasteiger charge is 1.97. The monoisotopic (exact) mass is 170 g/mol. The predicted molar refractivity (Wildman–Crippen MR) is 42.9 cm³/mol. The van der Waals surface area contributed by atoms with Crippen molar-refractivity contribution in [1.29, 1.82) is 0 Å². The standard InChI is InChI=1S/C8H7ClO2/c9-7-2-1-3-8(5-4-7)11-6-10/h1-2,4-6H,3H2. The lowest BCUT2D eigenvalue weighted by Gasteiger charge is -1.96. The molecule has 0 radical (unpaired) electrons. The van der Waals surface area contributed by atoms with E-state index >= 15 is 0 Å². The fourth-order valence-electron chi connectivity index (χ4n) is 0.733. The van der Waals surface area contributed by atoms with E-state index in [1.54, 1.807) is 18.2 Å². The first-order valence-electron chi connectivity index (χ1n) is 3.16. The van der Waals surface area contributed by atoms with Gasteiger partial charge in [-0.15, -0.1) is 0 Å². The Hall–Kier alpha value is -1.02. The van der Waals surface area contributed by atoms with Crippen LogP contribution in [-0.2, 0) is 9.53 Å². The van der Waals surface area contributed by atoms with E-state index < -0.39 is 0 Å². The van der Waals surface area contributed by atoms with E-state index in [-0.39, 0.29) is 0 Å². The molecule has 0 N–H and O–H groups in total. The lowest BCUT2D eigenvalue weighted by Crippen LogP contribution is -1.86. The van der Waals surface area contributed by atoms with Gasteiger partial charge in [0.05, 0.1) is 0 Å². The summed E-state index contributed by atoms with van der Waals surface area (Å²) < 4.78 is 4.64. The normalized spacial score (nSPS) is 16.5. The van der Waals surface area contributed by atoms with E-state index in [1.807, 2.05) is 6.08 Å². The van der Waals surface area contributed by atoms with E-state index in [0.717, 1.165) is 0 Å². The SMILES string of the molecule is O=COC1=CC=C(Cl)C=CC1. The average molecular weight is 171 g/mol. The molecule has 0 aliphatic heterocycles. The number of carbonyl (C=O) groups excluding carboxylic acids is 1. The van der Waals surface area contributed by atoms with Gasteiger partial charge in [0.25, 0.3) is 6.47 Å². The predicted octanol–water partition coefficient (Wildman–Crippen LogP) is 2.13. The maximum Gasteiger partial charge on any atom is 0.298 e.